The molecule has 12 heteroatoms. The number of pyridine rings is 1. The minimum Gasteiger partial charge on any atom is -0.476 e. The molecular weight excluding hydrogens is 310 g/mol. The number of nitro groups is 2. The summed E-state index contributed by atoms with van der Waals surface area (Å²) in [7, 11) is 0. The molecule has 0 saturated heterocycles. The van der Waals surface area contributed by atoms with Crippen molar-refractivity contribution >= 4 is 28.9 Å². The average Bonchev–Trinajstić information content (AvgIpc) is 2.83. The molecule has 0 fully saturated rings. The van der Waals surface area contributed by atoms with Crippen molar-refractivity contribution in [3.63, 3.8) is 0 Å². The summed E-state index contributed by atoms with van der Waals surface area (Å²) in [6.07, 6.45) is 1.80. The second-order valence-electron chi connectivity index (χ2n) is 3.62. The van der Waals surface area contributed by atoms with Crippen molar-refractivity contribution in [2.75, 3.05) is 0 Å². The first-order valence-electron chi connectivity index (χ1n) is 5.09. The summed E-state index contributed by atoms with van der Waals surface area (Å²) in [6, 6.07) is 0.970. The van der Waals surface area contributed by atoms with E-state index in [9.17, 15) is 25.0 Å². The summed E-state index contributed by atoms with van der Waals surface area (Å²) in [5.41, 5.74) is -2.24. The van der Waals surface area contributed by atoms with E-state index in [1.54, 1.807) is 0 Å². The number of halogens is 1. The van der Waals surface area contributed by atoms with Crippen molar-refractivity contribution in [3.8, 4) is 5.82 Å². The molecule has 0 aromatic carbocycles. The zero-order valence-corrected chi connectivity index (χ0v) is 10.6. The van der Waals surface area contributed by atoms with E-state index in [-0.39, 0.29) is 10.8 Å². The van der Waals surface area contributed by atoms with Crippen LogP contribution in [0.25, 0.3) is 5.82 Å². The third-order valence-corrected chi connectivity index (χ3v) is 2.53. The molecule has 0 bridgehead atoms. The predicted octanol–water partition coefficient (Wildman–Crippen LogP) is 1.44. The van der Waals surface area contributed by atoms with Crippen LogP contribution in [0.5, 0.6) is 0 Å². The molecule has 0 spiro atoms. The van der Waals surface area contributed by atoms with Crippen LogP contribution in [0.4, 0.5) is 11.4 Å². The Labute approximate surface area is 119 Å². The normalized spacial score (nSPS) is 10.3. The molecule has 0 radical (unpaired) electrons. The number of carboxylic acid groups (broad SMARTS) is 1. The third-order valence-electron chi connectivity index (χ3n) is 2.32. The van der Waals surface area contributed by atoms with Gasteiger partial charge in [-0.05, 0) is 0 Å². The predicted molar refractivity (Wildman–Crippen MR) is 66.6 cm³/mol. The molecule has 0 saturated carbocycles. The summed E-state index contributed by atoms with van der Waals surface area (Å²) in [6.45, 7) is 0. The molecule has 21 heavy (non-hydrogen) atoms. The van der Waals surface area contributed by atoms with Gasteiger partial charge >= 0.3 is 17.3 Å². The lowest BCUT2D eigenvalue weighted by molar-refractivity contribution is -0.385. The van der Waals surface area contributed by atoms with Crippen LogP contribution in [0.2, 0.25) is 5.02 Å². The van der Waals surface area contributed by atoms with Gasteiger partial charge in [0, 0.05) is 12.3 Å². The molecule has 0 aliphatic carbocycles. The smallest absolute Gasteiger partial charge is 0.363 e. The number of carbonyl (C=O) groups is 1. The van der Waals surface area contributed by atoms with E-state index in [1.165, 1.54) is 0 Å². The number of carboxylic acids is 1. The quantitative estimate of drug-likeness (QED) is 0.656. The fourth-order valence-electron chi connectivity index (χ4n) is 1.49. The second kappa shape index (κ2) is 5.13. The highest BCUT2D eigenvalue weighted by Gasteiger charge is 2.28. The lowest BCUT2D eigenvalue weighted by Gasteiger charge is -2.01. The van der Waals surface area contributed by atoms with Crippen LogP contribution in [-0.2, 0) is 0 Å². The maximum Gasteiger partial charge on any atom is 0.363 e. The van der Waals surface area contributed by atoms with Crippen molar-refractivity contribution in [1.82, 2.24) is 14.8 Å². The van der Waals surface area contributed by atoms with Crippen LogP contribution in [-0.4, -0.2) is 35.7 Å². The maximum absolute atomic E-state index is 10.9. The highest BCUT2D eigenvalue weighted by atomic mass is 35.5. The van der Waals surface area contributed by atoms with Gasteiger partial charge in [-0.1, -0.05) is 11.6 Å². The lowest BCUT2D eigenvalue weighted by Crippen LogP contribution is -2.06. The molecule has 0 aliphatic rings. The minimum absolute atomic E-state index is 0.0226. The molecular formula is C9H4ClN5O6. The summed E-state index contributed by atoms with van der Waals surface area (Å²) in [5, 5.41) is 33.9. The fourth-order valence-corrected chi connectivity index (χ4v) is 1.64. The molecule has 108 valence electrons. The van der Waals surface area contributed by atoms with E-state index in [4.69, 9.17) is 16.7 Å². The first kappa shape index (κ1) is 14.3. The van der Waals surface area contributed by atoms with Crippen molar-refractivity contribution < 1.29 is 19.7 Å². The number of hydrogen-bond donors (Lipinski definition) is 1. The monoisotopic (exact) mass is 313 g/mol. The van der Waals surface area contributed by atoms with E-state index in [2.05, 4.69) is 10.1 Å². The van der Waals surface area contributed by atoms with Gasteiger partial charge in [-0.25, -0.2) is 14.5 Å². The number of rotatable bonds is 4. The van der Waals surface area contributed by atoms with E-state index in [1.807, 2.05) is 0 Å². The molecule has 0 aliphatic heterocycles. The van der Waals surface area contributed by atoms with Crippen molar-refractivity contribution in [1.29, 1.82) is 0 Å². The average molecular weight is 314 g/mol. The van der Waals surface area contributed by atoms with Crippen LogP contribution in [0.3, 0.4) is 0 Å². The topological polar surface area (TPSA) is 154 Å². The van der Waals surface area contributed by atoms with Gasteiger partial charge in [0.15, 0.2) is 0 Å². The summed E-state index contributed by atoms with van der Waals surface area (Å²) in [4.78, 5) is 34.4. The van der Waals surface area contributed by atoms with E-state index >= 15 is 0 Å². The lowest BCUT2D eigenvalue weighted by atomic mass is 10.4. The molecule has 11 nitrogen and oxygen atoms in total. The molecule has 2 heterocycles. The van der Waals surface area contributed by atoms with Gasteiger partial charge in [0.1, 0.15) is 6.20 Å². The van der Waals surface area contributed by atoms with Gasteiger partial charge in [-0.15, -0.1) is 0 Å². The Morgan fingerprint density at radius 1 is 1.29 bits per heavy atom. The molecule has 2 aromatic rings. The highest BCUT2D eigenvalue weighted by Crippen LogP contribution is 2.26. The standard InChI is InChI=1S/C9H4ClN5O6/c10-4-1-5(14(18)19)8(11-2-4)13-3-6(15(20)21)7(12-13)9(16)17/h1-3H,(H,16,17). The van der Waals surface area contributed by atoms with E-state index in [0.29, 0.717) is 4.68 Å². The van der Waals surface area contributed by atoms with Gasteiger partial charge in [0.05, 0.1) is 14.9 Å². The Bertz CT molecular complexity index is 740. The van der Waals surface area contributed by atoms with Gasteiger partial charge in [-0.3, -0.25) is 20.2 Å². The van der Waals surface area contributed by atoms with Gasteiger partial charge in [0.2, 0.25) is 11.5 Å². The van der Waals surface area contributed by atoms with Crippen molar-refractivity contribution in [2.24, 2.45) is 0 Å². The molecule has 0 unspecified atom stereocenters. The highest BCUT2D eigenvalue weighted by molar-refractivity contribution is 6.30. The summed E-state index contributed by atoms with van der Waals surface area (Å²) < 4.78 is 0.649. The maximum atomic E-state index is 10.9. The van der Waals surface area contributed by atoms with Crippen LogP contribution in [0.15, 0.2) is 18.5 Å². The van der Waals surface area contributed by atoms with Gasteiger partial charge < -0.3 is 5.11 Å². The first-order valence-corrected chi connectivity index (χ1v) is 5.46. The first-order chi connectivity index (χ1) is 9.81. The Hall–Kier alpha value is -3.08. The van der Waals surface area contributed by atoms with Crippen LogP contribution in [0.1, 0.15) is 10.5 Å². The van der Waals surface area contributed by atoms with Crippen LogP contribution in [0, 0.1) is 20.2 Å². The van der Waals surface area contributed by atoms with Crippen molar-refractivity contribution in [3.05, 3.63) is 49.4 Å². The molecule has 2 rings (SSSR count). The Morgan fingerprint density at radius 3 is 2.38 bits per heavy atom. The van der Waals surface area contributed by atoms with E-state index in [0.717, 1.165) is 18.5 Å². The van der Waals surface area contributed by atoms with E-state index < -0.39 is 32.9 Å². The van der Waals surface area contributed by atoms with Crippen LogP contribution < -0.4 is 0 Å². The Morgan fingerprint density at radius 2 is 1.90 bits per heavy atom. The summed E-state index contributed by atoms with van der Waals surface area (Å²) >= 11 is 5.59. The molecule has 2 aromatic heterocycles. The Kier molecular flexibility index (Phi) is 3.50. The van der Waals surface area contributed by atoms with Crippen molar-refractivity contribution in [2.45, 2.75) is 0 Å². The SMILES string of the molecule is O=C(O)c1nn(-c2ncc(Cl)cc2[N+](=O)[O-])cc1[N+](=O)[O-]. The number of aromatic carboxylic acids is 1. The fraction of sp³-hybridized carbons (Fsp3) is 0. The second-order valence-corrected chi connectivity index (χ2v) is 4.06. The molecule has 1 N–H and O–H groups in total. The zero-order chi connectivity index (χ0) is 15.7. The Balaban J connectivity index is 2.68. The zero-order valence-electron chi connectivity index (χ0n) is 9.83. The number of nitrogens with zero attached hydrogens (tertiary/aromatic N) is 5. The molecule has 0 amide bonds. The largest absolute Gasteiger partial charge is 0.476 e. The molecule has 0 atom stereocenters. The van der Waals surface area contributed by atoms with Gasteiger partial charge in [0.25, 0.3) is 0 Å². The third kappa shape index (κ3) is 2.62. The van der Waals surface area contributed by atoms with Crippen LogP contribution >= 0.6 is 11.6 Å². The number of hydrogen-bond acceptors (Lipinski definition) is 7. The van der Waals surface area contributed by atoms with Gasteiger partial charge in [-0.2, -0.15) is 5.10 Å². The summed E-state index contributed by atoms with van der Waals surface area (Å²) in [5.74, 6) is -2.03. The minimum atomic E-state index is -1.64. The number of aromatic nitrogens is 3.